The first-order valence-electron chi connectivity index (χ1n) is 7.19. The van der Waals surface area contributed by atoms with Gasteiger partial charge in [-0.05, 0) is 48.6 Å². The maximum atomic E-state index is 11.2. The van der Waals surface area contributed by atoms with Crippen LogP contribution in [0.1, 0.15) is 52.4 Å². The van der Waals surface area contributed by atoms with Gasteiger partial charge in [0, 0.05) is 0 Å². The molecule has 4 heteroatoms. The lowest BCUT2D eigenvalue weighted by atomic mass is 9.75. The number of aromatic carboxylic acids is 1. The Bertz CT molecular complexity index is 624. The lowest BCUT2D eigenvalue weighted by molar-refractivity contribution is -0.00346. The van der Waals surface area contributed by atoms with E-state index >= 15 is 0 Å². The lowest BCUT2D eigenvalue weighted by Gasteiger charge is -2.36. The number of rotatable bonds is 3. The zero-order valence-corrected chi connectivity index (χ0v) is 12.5. The highest BCUT2D eigenvalue weighted by Gasteiger charge is 2.38. The van der Waals surface area contributed by atoms with Gasteiger partial charge < -0.3 is 10.2 Å². The Balaban J connectivity index is 1.78. The Kier molecular flexibility index (Phi) is 3.83. The summed E-state index contributed by atoms with van der Waals surface area (Å²) in [6, 6.07) is 11.9. The maximum Gasteiger partial charge on any atom is 0.336 e. The summed E-state index contributed by atoms with van der Waals surface area (Å²) in [5.74, 6) is -0.496. The first-order chi connectivity index (χ1) is 10.1. The third kappa shape index (κ3) is 2.74. The van der Waals surface area contributed by atoms with E-state index < -0.39 is 11.6 Å². The highest BCUT2D eigenvalue weighted by molar-refractivity contribution is 7.10. The second-order valence-electron chi connectivity index (χ2n) is 5.69. The summed E-state index contributed by atoms with van der Waals surface area (Å²) >= 11 is 1.35. The average Bonchev–Trinajstić information content (AvgIpc) is 2.99. The smallest absolute Gasteiger partial charge is 0.336 e. The molecule has 1 heterocycles. The fourth-order valence-electron chi connectivity index (χ4n) is 3.22. The van der Waals surface area contributed by atoms with Crippen molar-refractivity contribution < 1.29 is 15.0 Å². The Hall–Kier alpha value is -1.65. The Labute approximate surface area is 127 Å². The molecule has 0 radical (unpaired) electrons. The van der Waals surface area contributed by atoms with Crippen molar-refractivity contribution in [2.24, 2.45) is 0 Å². The van der Waals surface area contributed by atoms with Crippen LogP contribution in [0.3, 0.4) is 0 Å². The minimum atomic E-state index is -0.979. The molecule has 2 aromatic rings. The molecule has 1 saturated carbocycles. The normalized spacial score (nSPS) is 25.7. The SMILES string of the molecule is O=C(O)c1ccsc1C1(O)CCC(c2ccccc2)CC1. The van der Waals surface area contributed by atoms with Gasteiger partial charge in [-0.15, -0.1) is 11.3 Å². The van der Waals surface area contributed by atoms with Crippen molar-refractivity contribution in [1.82, 2.24) is 0 Å². The highest BCUT2D eigenvalue weighted by atomic mass is 32.1. The summed E-state index contributed by atoms with van der Waals surface area (Å²) in [4.78, 5) is 11.9. The Morgan fingerprint density at radius 1 is 1.14 bits per heavy atom. The number of carbonyl (C=O) groups is 1. The standard InChI is InChI=1S/C17H18O3S/c18-16(19)14-8-11-21-15(14)17(20)9-6-13(7-10-17)12-4-2-1-3-5-12/h1-5,8,11,13,20H,6-7,9-10H2,(H,18,19). The van der Waals surface area contributed by atoms with Crippen LogP contribution in [0, 0.1) is 0 Å². The van der Waals surface area contributed by atoms with Crippen molar-refractivity contribution >= 4 is 17.3 Å². The molecular weight excluding hydrogens is 284 g/mol. The van der Waals surface area contributed by atoms with Gasteiger partial charge in [-0.25, -0.2) is 4.79 Å². The summed E-state index contributed by atoms with van der Waals surface area (Å²) in [7, 11) is 0. The van der Waals surface area contributed by atoms with Gasteiger partial charge >= 0.3 is 5.97 Å². The molecule has 0 saturated heterocycles. The average molecular weight is 302 g/mol. The van der Waals surface area contributed by atoms with E-state index in [1.165, 1.54) is 16.9 Å². The zero-order chi connectivity index (χ0) is 14.9. The first kappa shape index (κ1) is 14.3. The number of hydrogen-bond acceptors (Lipinski definition) is 3. The molecule has 2 N–H and O–H groups in total. The van der Waals surface area contributed by atoms with Crippen molar-refractivity contribution in [3.05, 3.63) is 57.8 Å². The van der Waals surface area contributed by atoms with Crippen molar-refractivity contribution in [2.75, 3.05) is 0 Å². The third-order valence-corrected chi connectivity index (χ3v) is 5.51. The highest BCUT2D eigenvalue weighted by Crippen LogP contribution is 2.45. The molecule has 1 fully saturated rings. The Morgan fingerprint density at radius 3 is 2.43 bits per heavy atom. The van der Waals surface area contributed by atoms with E-state index in [2.05, 4.69) is 12.1 Å². The summed E-state index contributed by atoms with van der Waals surface area (Å²) in [5, 5.41) is 21.8. The van der Waals surface area contributed by atoms with Crippen molar-refractivity contribution in [3.8, 4) is 0 Å². The quantitative estimate of drug-likeness (QED) is 0.901. The number of aliphatic hydroxyl groups is 1. The molecule has 0 aliphatic heterocycles. The van der Waals surface area contributed by atoms with E-state index in [-0.39, 0.29) is 5.56 Å². The summed E-state index contributed by atoms with van der Waals surface area (Å²) in [6.07, 6.45) is 3.01. The minimum Gasteiger partial charge on any atom is -0.478 e. The van der Waals surface area contributed by atoms with Crippen LogP contribution >= 0.6 is 11.3 Å². The molecule has 1 aliphatic rings. The molecule has 0 atom stereocenters. The molecule has 110 valence electrons. The van der Waals surface area contributed by atoms with Gasteiger partial charge in [-0.1, -0.05) is 30.3 Å². The van der Waals surface area contributed by atoms with Crippen LogP contribution in [-0.2, 0) is 5.60 Å². The fraction of sp³-hybridized carbons (Fsp3) is 0.353. The number of thiophene rings is 1. The second-order valence-corrected chi connectivity index (χ2v) is 6.60. The van der Waals surface area contributed by atoms with E-state index in [1.807, 2.05) is 18.2 Å². The summed E-state index contributed by atoms with van der Waals surface area (Å²) in [6.45, 7) is 0. The summed E-state index contributed by atoms with van der Waals surface area (Å²) in [5.41, 5.74) is 0.581. The maximum absolute atomic E-state index is 11.2. The molecule has 0 spiro atoms. The van der Waals surface area contributed by atoms with Crippen LogP contribution in [0.25, 0.3) is 0 Å². The van der Waals surface area contributed by atoms with Crippen LogP contribution in [-0.4, -0.2) is 16.2 Å². The van der Waals surface area contributed by atoms with Crippen molar-refractivity contribution in [3.63, 3.8) is 0 Å². The lowest BCUT2D eigenvalue weighted by Crippen LogP contribution is -2.31. The largest absolute Gasteiger partial charge is 0.478 e. The predicted octanol–water partition coefficient (Wildman–Crippen LogP) is 3.99. The van der Waals surface area contributed by atoms with E-state index in [0.29, 0.717) is 23.6 Å². The van der Waals surface area contributed by atoms with Crippen LogP contribution in [0.4, 0.5) is 0 Å². The number of carboxylic acids is 1. The van der Waals surface area contributed by atoms with Gasteiger partial charge in [0.05, 0.1) is 16.0 Å². The molecule has 1 aromatic carbocycles. The molecule has 1 aliphatic carbocycles. The topological polar surface area (TPSA) is 57.5 Å². The van der Waals surface area contributed by atoms with Gasteiger partial charge in [-0.2, -0.15) is 0 Å². The van der Waals surface area contributed by atoms with Gasteiger partial charge in [0.25, 0.3) is 0 Å². The molecule has 1 aromatic heterocycles. The van der Waals surface area contributed by atoms with Crippen LogP contribution < -0.4 is 0 Å². The number of hydrogen-bond donors (Lipinski definition) is 2. The number of benzene rings is 1. The van der Waals surface area contributed by atoms with E-state index in [1.54, 1.807) is 11.4 Å². The van der Waals surface area contributed by atoms with Gasteiger partial charge in [0.1, 0.15) is 0 Å². The molecule has 3 rings (SSSR count). The van der Waals surface area contributed by atoms with E-state index in [9.17, 15) is 15.0 Å². The van der Waals surface area contributed by atoms with Crippen molar-refractivity contribution in [1.29, 1.82) is 0 Å². The van der Waals surface area contributed by atoms with Crippen LogP contribution in [0.5, 0.6) is 0 Å². The first-order valence-corrected chi connectivity index (χ1v) is 8.07. The molecular formula is C17H18O3S. The van der Waals surface area contributed by atoms with E-state index in [0.717, 1.165) is 12.8 Å². The zero-order valence-electron chi connectivity index (χ0n) is 11.7. The summed E-state index contributed by atoms with van der Waals surface area (Å²) < 4.78 is 0. The molecule has 0 unspecified atom stereocenters. The van der Waals surface area contributed by atoms with Crippen LogP contribution in [0.2, 0.25) is 0 Å². The third-order valence-electron chi connectivity index (χ3n) is 4.40. The fourth-order valence-corrected chi connectivity index (χ4v) is 4.27. The molecule has 0 amide bonds. The van der Waals surface area contributed by atoms with E-state index in [4.69, 9.17) is 0 Å². The molecule has 0 bridgehead atoms. The van der Waals surface area contributed by atoms with Crippen LogP contribution in [0.15, 0.2) is 41.8 Å². The molecule has 3 nitrogen and oxygen atoms in total. The minimum absolute atomic E-state index is 0.251. The molecule has 21 heavy (non-hydrogen) atoms. The number of carboxylic acid groups (broad SMARTS) is 1. The predicted molar refractivity (Wildman–Crippen MR) is 82.8 cm³/mol. The second kappa shape index (κ2) is 5.62. The van der Waals surface area contributed by atoms with Gasteiger partial charge in [-0.3, -0.25) is 0 Å². The Morgan fingerprint density at radius 2 is 1.81 bits per heavy atom. The van der Waals surface area contributed by atoms with Gasteiger partial charge in [0.2, 0.25) is 0 Å². The van der Waals surface area contributed by atoms with Gasteiger partial charge in [0.15, 0.2) is 0 Å². The monoisotopic (exact) mass is 302 g/mol. The van der Waals surface area contributed by atoms with Crippen molar-refractivity contribution in [2.45, 2.75) is 37.2 Å².